The SMILES string of the molecule is COC(=O)c1ccc(CN(C)C(=O)NCc2ccncc2)cc1. The summed E-state index contributed by atoms with van der Waals surface area (Å²) in [7, 11) is 3.06. The summed E-state index contributed by atoms with van der Waals surface area (Å²) >= 11 is 0. The quantitative estimate of drug-likeness (QED) is 0.859. The first-order valence-electron chi connectivity index (χ1n) is 7.15. The Hall–Kier alpha value is -2.89. The second-order valence-corrected chi connectivity index (χ2v) is 5.06. The summed E-state index contributed by atoms with van der Waals surface area (Å²) in [4.78, 5) is 29.0. The van der Waals surface area contributed by atoms with Crippen molar-refractivity contribution in [2.75, 3.05) is 14.2 Å². The number of hydrogen-bond donors (Lipinski definition) is 1. The fourth-order valence-corrected chi connectivity index (χ4v) is 2.02. The average molecular weight is 313 g/mol. The number of nitrogens with zero attached hydrogens (tertiary/aromatic N) is 2. The molecule has 0 unspecified atom stereocenters. The molecule has 1 aromatic carbocycles. The van der Waals surface area contributed by atoms with E-state index in [0.717, 1.165) is 11.1 Å². The fraction of sp³-hybridized carbons (Fsp3) is 0.235. The van der Waals surface area contributed by atoms with Crippen molar-refractivity contribution >= 4 is 12.0 Å². The fourth-order valence-electron chi connectivity index (χ4n) is 2.02. The highest BCUT2D eigenvalue weighted by Gasteiger charge is 2.10. The third kappa shape index (κ3) is 4.81. The number of aromatic nitrogens is 1. The van der Waals surface area contributed by atoms with E-state index in [1.165, 1.54) is 7.11 Å². The second kappa shape index (κ2) is 7.93. The summed E-state index contributed by atoms with van der Waals surface area (Å²) in [6, 6.07) is 10.5. The van der Waals surface area contributed by atoms with Crippen LogP contribution in [0.3, 0.4) is 0 Å². The van der Waals surface area contributed by atoms with E-state index >= 15 is 0 Å². The highest BCUT2D eigenvalue weighted by molar-refractivity contribution is 5.89. The van der Waals surface area contributed by atoms with E-state index in [4.69, 9.17) is 0 Å². The van der Waals surface area contributed by atoms with Crippen molar-refractivity contribution in [3.63, 3.8) is 0 Å². The standard InChI is InChI=1S/C17H19N3O3/c1-20(17(22)19-11-13-7-9-18-10-8-13)12-14-3-5-15(6-4-14)16(21)23-2/h3-10H,11-12H2,1-2H3,(H,19,22). The van der Waals surface area contributed by atoms with Crippen molar-refractivity contribution in [1.29, 1.82) is 0 Å². The number of esters is 1. The molecule has 0 atom stereocenters. The molecule has 0 saturated heterocycles. The number of urea groups is 1. The number of carbonyl (C=O) groups is 2. The molecule has 2 aromatic rings. The van der Waals surface area contributed by atoms with Crippen LogP contribution in [0, 0.1) is 0 Å². The van der Waals surface area contributed by atoms with Gasteiger partial charge in [-0.15, -0.1) is 0 Å². The van der Waals surface area contributed by atoms with Gasteiger partial charge >= 0.3 is 12.0 Å². The summed E-state index contributed by atoms with van der Waals surface area (Å²) in [6.07, 6.45) is 3.38. The topological polar surface area (TPSA) is 71.5 Å². The molecule has 120 valence electrons. The molecule has 0 aliphatic heterocycles. The van der Waals surface area contributed by atoms with Crippen molar-refractivity contribution in [3.05, 3.63) is 65.5 Å². The first-order valence-corrected chi connectivity index (χ1v) is 7.15. The zero-order chi connectivity index (χ0) is 16.7. The van der Waals surface area contributed by atoms with Gasteiger partial charge in [0.1, 0.15) is 0 Å². The predicted molar refractivity (Wildman–Crippen MR) is 85.7 cm³/mol. The summed E-state index contributed by atoms with van der Waals surface area (Å²) in [5, 5.41) is 2.84. The molecule has 2 amide bonds. The van der Waals surface area contributed by atoms with E-state index in [9.17, 15) is 9.59 Å². The lowest BCUT2D eigenvalue weighted by molar-refractivity contribution is 0.0600. The van der Waals surface area contributed by atoms with Gasteiger partial charge in [-0.3, -0.25) is 4.98 Å². The van der Waals surface area contributed by atoms with E-state index in [1.807, 2.05) is 12.1 Å². The van der Waals surface area contributed by atoms with Crippen LogP contribution in [-0.2, 0) is 17.8 Å². The van der Waals surface area contributed by atoms with Crippen LogP contribution in [-0.4, -0.2) is 36.0 Å². The van der Waals surface area contributed by atoms with Gasteiger partial charge < -0.3 is 15.0 Å². The monoisotopic (exact) mass is 313 g/mol. The number of rotatable bonds is 5. The van der Waals surface area contributed by atoms with Crippen molar-refractivity contribution < 1.29 is 14.3 Å². The first-order chi connectivity index (χ1) is 11.1. The van der Waals surface area contributed by atoms with Gasteiger partial charge in [0, 0.05) is 32.5 Å². The Bertz CT molecular complexity index is 657. The maximum atomic E-state index is 12.1. The Morgan fingerprint density at radius 2 is 1.74 bits per heavy atom. The minimum absolute atomic E-state index is 0.168. The maximum Gasteiger partial charge on any atom is 0.337 e. The molecule has 1 aromatic heterocycles. The molecule has 0 saturated carbocycles. The third-order valence-corrected chi connectivity index (χ3v) is 3.33. The molecule has 6 nitrogen and oxygen atoms in total. The van der Waals surface area contributed by atoms with Gasteiger partial charge in [-0.2, -0.15) is 0 Å². The molecule has 1 N–H and O–H groups in total. The van der Waals surface area contributed by atoms with Crippen LogP contribution in [0.15, 0.2) is 48.8 Å². The van der Waals surface area contributed by atoms with Crippen LogP contribution in [0.1, 0.15) is 21.5 Å². The van der Waals surface area contributed by atoms with E-state index in [-0.39, 0.29) is 12.0 Å². The van der Waals surface area contributed by atoms with Crippen molar-refractivity contribution in [2.24, 2.45) is 0 Å². The molecule has 0 radical (unpaired) electrons. The number of carbonyl (C=O) groups excluding carboxylic acids is 2. The maximum absolute atomic E-state index is 12.1. The minimum atomic E-state index is -0.375. The second-order valence-electron chi connectivity index (χ2n) is 5.06. The van der Waals surface area contributed by atoms with Crippen molar-refractivity contribution in [2.45, 2.75) is 13.1 Å². The number of ether oxygens (including phenoxy) is 1. The van der Waals surface area contributed by atoms with Crippen LogP contribution < -0.4 is 5.32 Å². The highest BCUT2D eigenvalue weighted by atomic mass is 16.5. The first kappa shape index (κ1) is 16.5. The molecule has 6 heteroatoms. The van der Waals surface area contributed by atoms with Gasteiger partial charge in [-0.1, -0.05) is 12.1 Å². The summed E-state index contributed by atoms with van der Waals surface area (Å²) < 4.78 is 4.65. The van der Waals surface area contributed by atoms with Crippen molar-refractivity contribution in [3.8, 4) is 0 Å². The molecular formula is C17H19N3O3. The van der Waals surface area contributed by atoms with Gasteiger partial charge in [-0.25, -0.2) is 9.59 Å². The van der Waals surface area contributed by atoms with Crippen LogP contribution in [0.25, 0.3) is 0 Å². The van der Waals surface area contributed by atoms with Crippen LogP contribution in [0.4, 0.5) is 4.79 Å². The molecule has 0 spiro atoms. The van der Waals surface area contributed by atoms with Crippen LogP contribution in [0.5, 0.6) is 0 Å². The molecule has 0 bridgehead atoms. The molecule has 0 aliphatic rings. The number of pyridine rings is 1. The lowest BCUT2D eigenvalue weighted by atomic mass is 10.1. The summed E-state index contributed by atoms with van der Waals surface area (Å²) in [6.45, 7) is 0.899. The van der Waals surface area contributed by atoms with E-state index in [1.54, 1.807) is 48.6 Å². The Morgan fingerprint density at radius 3 is 2.35 bits per heavy atom. The molecule has 23 heavy (non-hydrogen) atoms. The molecule has 2 rings (SSSR count). The van der Waals surface area contributed by atoms with Crippen molar-refractivity contribution in [1.82, 2.24) is 15.2 Å². The number of nitrogens with one attached hydrogen (secondary N) is 1. The Balaban J connectivity index is 1.86. The Morgan fingerprint density at radius 1 is 1.09 bits per heavy atom. The number of amides is 2. The van der Waals surface area contributed by atoms with Gasteiger partial charge in [0.05, 0.1) is 12.7 Å². The van der Waals surface area contributed by atoms with Gasteiger partial charge in [0.25, 0.3) is 0 Å². The third-order valence-electron chi connectivity index (χ3n) is 3.33. The summed E-state index contributed by atoms with van der Waals surface area (Å²) in [5.74, 6) is -0.375. The lowest BCUT2D eigenvalue weighted by Crippen LogP contribution is -2.36. The smallest absolute Gasteiger partial charge is 0.337 e. The van der Waals surface area contributed by atoms with E-state index in [0.29, 0.717) is 18.7 Å². The normalized spacial score (nSPS) is 10.0. The molecule has 0 aliphatic carbocycles. The molecule has 1 heterocycles. The Kier molecular flexibility index (Phi) is 5.68. The zero-order valence-corrected chi connectivity index (χ0v) is 13.2. The number of methoxy groups -OCH3 is 1. The van der Waals surface area contributed by atoms with Gasteiger partial charge in [-0.05, 0) is 35.4 Å². The van der Waals surface area contributed by atoms with Crippen LogP contribution >= 0.6 is 0 Å². The highest BCUT2D eigenvalue weighted by Crippen LogP contribution is 2.08. The van der Waals surface area contributed by atoms with Crippen LogP contribution in [0.2, 0.25) is 0 Å². The van der Waals surface area contributed by atoms with Gasteiger partial charge in [0.15, 0.2) is 0 Å². The number of benzene rings is 1. The largest absolute Gasteiger partial charge is 0.465 e. The van der Waals surface area contributed by atoms with E-state index < -0.39 is 0 Å². The zero-order valence-electron chi connectivity index (χ0n) is 13.2. The Labute approximate surface area is 135 Å². The minimum Gasteiger partial charge on any atom is -0.465 e. The van der Waals surface area contributed by atoms with Gasteiger partial charge in [0.2, 0.25) is 0 Å². The summed E-state index contributed by atoms with van der Waals surface area (Å²) in [5.41, 5.74) is 2.41. The predicted octanol–water partition coefficient (Wildman–Crippen LogP) is 2.21. The van der Waals surface area contributed by atoms with E-state index in [2.05, 4.69) is 15.0 Å². The lowest BCUT2D eigenvalue weighted by Gasteiger charge is -2.18. The molecule has 0 fully saturated rings. The average Bonchev–Trinajstić information content (AvgIpc) is 2.60. The molecular weight excluding hydrogens is 294 g/mol. The number of hydrogen-bond acceptors (Lipinski definition) is 4.